The average molecular weight is 511 g/mol. The van der Waals surface area contributed by atoms with Crippen LogP contribution in [0.2, 0.25) is 10.0 Å². The number of hydrogen-bond acceptors (Lipinski definition) is 7. The van der Waals surface area contributed by atoms with Gasteiger partial charge >= 0.3 is 6.03 Å². The fourth-order valence-electron chi connectivity index (χ4n) is 3.10. The van der Waals surface area contributed by atoms with Gasteiger partial charge < -0.3 is 20.1 Å². The fraction of sp³-hybridized carbons (Fsp3) is 0.125. The predicted molar refractivity (Wildman–Crippen MR) is 135 cm³/mol. The van der Waals surface area contributed by atoms with E-state index in [2.05, 4.69) is 30.6 Å². The molecule has 0 saturated heterocycles. The van der Waals surface area contributed by atoms with Crippen LogP contribution in [-0.2, 0) is 6.42 Å². The summed E-state index contributed by atoms with van der Waals surface area (Å²) in [5.41, 5.74) is 1.47. The van der Waals surface area contributed by atoms with E-state index < -0.39 is 6.03 Å². The monoisotopic (exact) mass is 510 g/mol. The summed E-state index contributed by atoms with van der Waals surface area (Å²) < 4.78 is 11.2. The van der Waals surface area contributed by atoms with Crippen LogP contribution in [0.15, 0.2) is 61.1 Å². The number of pyridine rings is 1. The van der Waals surface area contributed by atoms with Crippen molar-refractivity contribution in [1.29, 1.82) is 0 Å². The number of carbonyl (C=O) groups is 1. The highest BCUT2D eigenvalue weighted by Gasteiger charge is 2.15. The van der Waals surface area contributed by atoms with Crippen molar-refractivity contribution in [2.45, 2.75) is 13.3 Å². The number of methoxy groups -OCH3 is 1. The van der Waals surface area contributed by atoms with Crippen molar-refractivity contribution in [3.8, 4) is 28.8 Å². The standard InChI is InChI=1S/C24H20Cl2N6O3/c1-3-21-28-13-29-22(32-21)16-5-4-10-27-23(16)35-19-9-7-15(12-17(19)26)30-24(33)31-18-11-14(25)6-8-20(18)34-2/h4-13H,3H2,1-2H3,(H2,30,31,33). The molecule has 35 heavy (non-hydrogen) atoms. The Hall–Kier alpha value is -3.95. The van der Waals surface area contributed by atoms with E-state index in [0.29, 0.717) is 51.5 Å². The van der Waals surface area contributed by atoms with E-state index in [9.17, 15) is 4.79 Å². The average Bonchev–Trinajstić information content (AvgIpc) is 2.86. The van der Waals surface area contributed by atoms with Gasteiger partial charge in [-0.3, -0.25) is 0 Å². The number of carbonyl (C=O) groups excluding carboxylic acids is 1. The highest BCUT2D eigenvalue weighted by molar-refractivity contribution is 6.32. The zero-order chi connectivity index (χ0) is 24.8. The Morgan fingerprint density at radius 2 is 1.83 bits per heavy atom. The van der Waals surface area contributed by atoms with Gasteiger partial charge in [-0.2, -0.15) is 0 Å². The summed E-state index contributed by atoms with van der Waals surface area (Å²) in [6, 6.07) is 12.8. The molecule has 178 valence electrons. The quantitative estimate of drug-likeness (QED) is 0.302. The number of halogens is 2. The molecule has 0 spiro atoms. The topological polar surface area (TPSA) is 111 Å². The van der Waals surface area contributed by atoms with Gasteiger partial charge in [0.15, 0.2) is 5.82 Å². The van der Waals surface area contributed by atoms with Crippen LogP contribution in [0.3, 0.4) is 0 Å². The van der Waals surface area contributed by atoms with Gasteiger partial charge in [0.1, 0.15) is 23.7 Å². The highest BCUT2D eigenvalue weighted by Crippen LogP contribution is 2.35. The number of urea groups is 1. The number of aryl methyl sites for hydroxylation is 1. The number of amides is 2. The Balaban J connectivity index is 1.50. The van der Waals surface area contributed by atoms with Gasteiger partial charge in [0.2, 0.25) is 5.88 Å². The van der Waals surface area contributed by atoms with Gasteiger partial charge in [-0.05, 0) is 48.5 Å². The minimum absolute atomic E-state index is 0.268. The molecule has 2 heterocycles. The number of nitrogens with zero attached hydrogens (tertiary/aromatic N) is 4. The first-order valence-electron chi connectivity index (χ1n) is 10.5. The molecule has 4 aromatic rings. The van der Waals surface area contributed by atoms with Crippen LogP contribution in [0.1, 0.15) is 12.7 Å². The number of hydrogen-bond donors (Lipinski definition) is 2. The molecule has 0 atom stereocenters. The van der Waals surface area contributed by atoms with Crippen LogP contribution < -0.4 is 20.1 Å². The molecule has 0 aliphatic heterocycles. The van der Waals surface area contributed by atoms with Gasteiger partial charge in [0.25, 0.3) is 0 Å². The van der Waals surface area contributed by atoms with E-state index in [1.807, 2.05) is 6.92 Å². The first kappa shape index (κ1) is 24.2. The lowest BCUT2D eigenvalue weighted by Crippen LogP contribution is -2.19. The summed E-state index contributed by atoms with van der Waals surface area (Å²) in [5, 5.41) is 6.14. The van der Waals surface area contributed by atoms with Crippen LogP contribution in [0.4, 0.5) is 16.2 Å². The summed E-state index contributed by atoms with van der Waals surface area (Å²) in [4.78, 5) is 29.6. The Kier molecular flexibility index (Phi) is 7.59. The van der Waals surface area contributed by atoms with Gasteiger partial charge in [0.05, 0.1) is 23.4 Å². The van der Waals surface area contributed by atoms with Gasteiger partial charge in [0, 0.05) is 23.3 Å². The molecule has 0 bridgehead atoms. The Labute approximate surface area is 211 Å². The van der Waals surface area contributed by atoms with E-state index in [0.717, 1.165) is 0 Å². The maximum absolute atomic E-state index is 12.5. The maximum atomic E-state index is 12.5. The van der Waals surface area contributed by atoms with Crippen molar-refractivity contribution in [2.24, 2.45) is 0 Å². The largest absolute Gasteiger partial charge is 0.495 e. The van der Waals surface area contributed by atoms with Gasteiger partial charge in [-0.15, -0.1) is 0 Å². The molecular formula is C24H20Cl2N6O3. The number of nitrogens with one attached hydrogen (secondary N) is 2. The Morgan fingerprint density at radius 1 is 1.00 bits per heavy atom. The molecule has 0 unspecified atom stereocenters. The van der Waals surface area contributed by atoms with E-state index >= 15 is 0 Å². The first-order valence-corrected chi connectivity index (χ1v) is 11.2. The summed E-state index contributed by atoms with van der Waals surface area (Å²) >= 11 is 12.4. The second-order valence-corrected chi connectivity index (χ2v) is 7.95. The third-order valence-corrected chi connectivity index (χ3v) is 5.29. The van der Waals surface area contributed by atoms with Gasteiger partial charge in [-0.1, -0.05) is 30.1 Å². The lowest BCUT2D eigenvalue weighted by molar-refractivity contribution is 0.262. The number of ether oxygens (including phenoxy) is 2. The molecule has 2 aromatic carbocycles. The smallest absolute Gasteiger partial charge is 0.323 e. The second kappa shape index (κ2) is 11.0. The SMILES string of the molecule is CCc1ncnc(-c2cccnc2Oc2ccc(NC(=O)Nc3cc(Cl)ccc3OC)cc2Cl)n1. The third kappa shape index (κ3) is 5.95. The van der Waals surface area contributed by atoms with Gasteiger partial charge in [-0.25, -0.2) is 24.7 Å². The molecule has 2 amide bonds. The molecule has 0 fully saturated rings. The number of aromatic nitrogens is 4. The van der Waals surface area contributed by atoms with E-state index in [4.69, 9.17) is 32.7 Å². The van der Waals surface area contributed by atoms with Crippen LogP contribution in [0, 0.1) is 0 Å². The maximum Gasteiger partial charge on any atom is 0.323 e. The number of rotatable bonds is 7. The van der Waals surface area contributed by atoms with Crippen molar-refractivity contribution in [2.75, 3.05) is 17.7 Å². The number of anilines is 2. The normalized spacial score (nSPS) is 10.5. The zero-order valence-electron chi connectivity index (χ0n) is 18.8. The van der Waals surface area contributed by atoms with E-state index in [1.54, 1.807) is 54.7 Å². The zero-order valence-corrected chi connectivity index (χ0v) is 20.3. The molecule has 2 N–H and O–H groups in total. The van der Waals surface area contributed by atoms with Crippen LogP contribution in [-0.4, -0.2) is 33.1 Å². The molecule has 4 rings (SSSR count). The van der Waals surface area contributed by atoms with Crippen LogP contribution in [0.5, 0.6) is 17.4 Å². The Morgan fingerprint density at radius 3 is 2.60 bits per heavy atom. The van der Waals surface area contributed by atoms with Crippen molar-refractivity contribution in [1.82, 2.24) is 19.9 Å². The third-order valence-electron chi connectivity index (χ3n) is 4.76. The Bertz CT molecular complexity index is 1370. The molecule has 0 saturated carbocycles. The molecule has 11 heteroatoms. The van der Waals surface area contributed by atoms with E-state index in [-0.39, 0.29) is 10.9 Å². The summed E-state index contributed by atoms with van der Waals surface area (Å²) in [5.74, 6) is 2.21. The van der Waals surface area contributed by atoms with E-state index in [1.165, 1.54) is 13.4 Å². The minimum atomic E-state index is -0.496. The highest BCUT2D eigenvalue weighted by atomic mass is 35.5. The van der Waals surface area contributed by atoms with Crippen molar-refractivity contribution in [3.63, 3.8) is 0 Å². The molecular weight excluding hydrogens is 491 g/mol. The van der Waals surface area contributed by atoms with Crippen molar-refractivity contribution >= 4 is 40.6 Å². The molecule has 2 aromatic heterocycles. The van der Waals surface area contributed by atoms with Crippen LogP contribution in [0.25, 0.3) is 11.4 Å². The minimum Gasteiger partial charge on any atom is -0.495 e. The summed E-state index contributed by atoms with van der Waals surface area (Å²) in [6.07, 6.45) is 3.72. The molecule has 0 aliphatic rings. The van der Waals surface area contributed by atoms with Crippen LogP contribution >= 0.6 is 23.2 Å². The summed E-state index contributed by atoms with van der Waals surface area (Å²) in [7, 11) is 1.50. The lowest BCUT2D eigenvalue weighted by atomic mass is 10.2. The lowest BCUT2D eigenvalue weighted by Gasteiger charge is -2.13. The van der Waals surface area contributed by atoms with Crippen molar-refractivity contribution < 1.29 is 14.3 Å². The molecule has 9 nitrogen and oxygen atoms in total. The summed E-state index contributed by atoms with van der Waals surface area (Å²) in [6.45, 7) is 1.96. The van der Waals surface area contributed by atoms with Crippen molar-refractivity contribution in [3.05, 3.63) is 76.9 Å². The molecule has 0 aliphatic carbocycles. The predicted octanol–water partition coefficient (Wildman–Crippen LogP) is 6.25. The second-order valence-electron chi connectivity index (χ2n) is 7.11. The number of benzene rings is 2. The molecule has 0 radical (unpaired) electrons. The fourth-order valence-corrected chi connectivity index (χ4v) is 3.49. The first-order chi connectivity index (χ1) is 17.0.